The zero-order chi connectivity index (χ0) is 19.0. The van der Waals surface area contributed by atoms with Gasteiger partial charge in [-0.1, -0.05) is 17.7 Å². The molecule has 1 amide bonds. The maximum Gasteiger partial charge on any atom is 0.243 e. The molecular weight excluding hydrogens is 364 g/mol. The molecule has 0 saturated heterocycles. The van der Waals surface area contributed by atoms with Crippen LogP contribution in [-0.4, -0.2) is 41.5 Å². The fourth-order valence-electron chi connectivity index (χ4n) is 3.43. The molecule has 1 aromatic carbocycles. The number of hydrogen-bond donors (Lipinski definition) is 1. The average molecular weight is 388 g/mol. The monoisotopic (exact) mass is 388 g/mol. The molecule has 2 aliphatic rings. The van der Waals surface area contributed by atoms with Gasteiger partial charge in [0, 0.05) is 25.7 Å². The van der Waals surface area contributed by atoms with Gasteiger partial charge in [-0.15, -0.1) is 0 Å². The molecule has 0 spiro atoms. The van der Waals surface area contributed by atoms with Crippen LogP contribution in [0.2, 0.25) is 0 Å². The Hall–Kier alpha value is -2.19. The number of aromatic nitrogens is 2. The molecule has 27 heavy (non-hydrogen) atoms. The van der Waals surface area contributed by atoms with E-state index in [0.717, 1.165) is 24.1 Å². The first kappa shape index (κ1) is 18.2. The highest BCUT2D eigenvalue weighted by Crippen LogP contribution is 2.32. The second-order valence-corrected chi connectivity index (χ2v) is 9.42. The summed E-state index contributed by atoms with van der Waals surface area (Å²) in [6, 6.07) is 8.50. The minimum Gasteiger partial charge on any atom is -0.354 e. The van der Waals surface area contributed by atoms with E-state index in [4.69, 9.17) is 0 Å². The highest BCUT2D eigenvalue weighted by atomic mass is 32.2. The van der Waals surface area contributed by atoms with Crippen LogP contribution in [-0.2, 0) is 21.4 Å². The van der Waals surface area contributed by atoms with E-state index in [9.17, 15) is 13.2 Å². The molecule has 4 rings (SSSR count). The third kappa shape index (κ3) is 3.91. The second-order valence-electron chi connectivity index (χ2n) is 7.48. The summed E-state index contributed by atoms with van der Waals surface area (Å²) in [5.74, 6) is 0.555. The lowest BCUT2D eigenvalue weighted by Gasteiger charge is -2.33. The normalized spacial score (nSPS) is 20.3. The molecule has 1 N–H and O–H groups in total. The highest BCUT2D eigenvalue weighted by Gasteiger charge is 2.34. The van der Waals surface area contributed by atoms with Crippen molar-refractivity contribution in [3.05, 3.63) is 47.8 Å². The number of amides is 1. The summed E-state index contributed by atoms with van der Waals surface area (Å²) in [7, 11) is -3.60. The summed E-state index contributed by atoms with van der Waals surface area (Å²) in [6.45, 7) is 2.87. The fraction of sp³-hybridized carbons (Fsp3) is 0.474. The van der Waals surface area contributed by atoms with Crippen LogP contribution in [0, 0.1) is 12.8 Å². The molecule has 1 fully saturated rings. The molecule has 0 radical (unpaired) electrons. The first-order chi connectivity index (χ1) is 12.9. The standard InChI is InChI=1S/C19H24N4O3S/c1-14-2-6-18(7-3-14)27(25,26)22-12-16-8-9-21-23(16)17(13-22)11-20-19(24)10-15-4-5-15/h2-3,6-9,15,17H,4-5,10-13H2,1H3,(H,20,24). The molecule has 1 aliphatic heterocycles. The Morgan fingerprint density at radius 1 is 1.22 bits per heavy atom. The molecule has 1 aromatic heterocycles. The Kier molecular flexibility index (Phi) is 4.77. The van der Waals surface area contributed by atoms with Gasteiger partial charge >= 0.3 is 0 Å². The topological polar surface area (TPSA) is 84.3 Å². The minimum atomic E-state index is -3.60. The van der Waals surface area contributed by atoms with Crippen molar-refractivity contribution in [3.8, 4) is 0 Å². The Balaban J connectivity index is 1.51. The second kappa shape index (κ2) is 7.09. The predicted molar refractivity (Wildman–Crippen MR) is 100 cm³/mol. The number of fused-ring (bicyclic) bond motifs is 1. The SMILES string of the molecule is Cc1ccc(S(=O)(=O)N2Cc3ccnn3C(CNC(=O)CC3CC3)C2)cc1. The molecule has 8 heteroatoms. The summed E-state index contributed by atoms with van der Waals surface area (Å²) in [6.07, 6.45) is 4.49. The molecule has 1 atom stereocenters. The van der Waals surface area contributed by atoms with Crippen LogP contribution in [0.4, 0.5) is 0 Å². The molecule has 2 aromatic rings. The first-order valence-electron chi connectivity index (χ1n) is 9.29. The fourth-order valence-corrected chi connectivity index (χ4v) is 4.88. The van der Waals surface area contributed by atoms with E-state index in [1.807, 2.05) is 17.7 Å². The van der Waals surface area contributed by atoms with Crippen LogP contribution in [0.15, 0.2) is 41.4 Å². The molecule has 0 bridgehead atoms. The van der Waals surface area contributed by atoms with Crippen molar-refractivity contribution in [3.63, 3.8) is 0 Å². The zero-order valence-electron chi connectivity index (χ0n) is 15.3. The van der Waals surface area contributed by atoms with Gasteiger partial charge in [0.25, 0.3) is 0 Å². The van der Waals surface area contributed by atoms with E-state index in [1.54, 1.807) is 30.5 Å². The third-order valence-electron chi connectivity index (χ3n) is 5.22. The van der Waals surface area contributed by atoms with E-state index in [0.29, 0.717) is 18.9 Å². The van der Waals surface area contributed by atoms with Crippen LogP contribution < -0.4 is 5.32 Å². The van der Waals surface area contributed by atoms with Crippen molar-refractivity contribution in [2.45, 2.75) is 43.7 Å². The lowest BCUT2D eigenvalue weighted by molar-refractivity contribution is -0.121. The lowest BCUT2D eigenvalue weighted by atomic mass is 10.2. The number of rotatable bonds is 6. The van der Waals surface area contributed by atoms with Gasteiger partial charge in [-0.05, 0) is 43.9 Å². The van der Waals surface area contributed by atoms with Crippen LogP contribution in [0.5, 0.6) is 0 Å². The quantitative estimate of drug-likeness (QED) is 0.819. The van der Waals surface area contributed by atoms with Gasteiger partial charge < -0.3 is 5.32 Å². The van der Waals surface area contributed by atoms with Gasteiger partial charge in [-0.2, -0.15) is 9.40 Å². The van der Waals surface area contributed by atoms with Gasteiger partial charge in [0.1, 0.15) is 0 Å². The molecular formula is C19H24N4O3S. The van der Waals surface area contributed by atoms with Crippen LogP contribution >= 0.6 is 0 Å². The smallest absolute Gasteiger partial charge is 0.243 e. The highest BCUT2D eigenvalue weighted by molar-refractivity contribution is 7.89. The number of benzene rings is 1. The Morgan fingerprint density at radius 3 is 2.67 bits per heavy atom. The van der Waals surface area contributed by atoms with Crippen molar-refractivity contribution in [2.75, 3.05) is 13.1 Å². The number of aryl methyl sites for hydroxylation is 1. The van der Waals surface area contributed by atoms with Crippen LogP contribution in [0.1, 0.15) is 36.6 Å². The maximum atomic E-state index is 13.1. The van der Waals surface area contributed by atoms with Crippen molar-refractivity contribution in [1.29, 1.82) is 0 Å². The van der Waals surface area contributed by atoms with Crippen molar-refractivity contribution in [2.24, 2.45) is 5.92 Å². The van der Waals surface area contributed by atoms with Gasteiger partial charge in [0.05, 0.1) is 23.2 Å². The number of sulfonamides is 1. The van der Waals surface area contributed by atoms with Gasteiger partial charge in [-0.3, -0.25) is 9.48 Å². The van der Waals surface area contributed by atoms with Crippen molar-refractivity contribution >= 4 is 15.9 Å². The molecule has 1 saturated carbocycles. The van der Waals surface area contributed by atoms with E-state index < -0.39 is 10.0 Å². The van der Waals surface area contributed by atoms with Crippen LogP contribution in [0.25, 0.3) is 0 Å². The summed E-state index contributed by atoms with van der Waals surface area (Å²) < 4.78 is 29.5. The predicted octanol–water partition coefficient (Wildman–Crippen LogP) is 1.85. The Labute approximate surface area is 159 Å². The lowest BCUT2D eigenvalue weighted by Crippen LogP contribution is -2.45. The maximum absolute atomic E-state index is 13.1. The Bertz CT molecular complexity index is 932. The van der Waals surface area contributed by atoms with Crippen molar-refractivity contribution < 1.29 is 13.2 Å². The number of carbonyl (C=O) groups excluding carboxylic acids is 1. The summed E-state index contributed by atoms with van der Waals surface area (Å²) in [5, 5.41) is 7.29. The largest absolute Gasteiger partial charge is 0.354 e. The summed E-state index contributed by atoms with van der Waals surface area (Å²) >= 11 is 0. The number of hydrogen-bond acceptors (Lipinski definition) is 4. The minimum absolute atomic E-state index is 0.0321. The molecule has 2 heterocycles. The van der Waals surface area contributed by atoms with Crippen molar-refractivity contribution in [1.82, 2.24) is 19.4 Å². The van der Waals surface area contributed by atoms with Gasteiger partial charge in [0.15, 0.2) is 0 Å². The zero-order valence-corrected chi connectivity index (χ0v) is 16.2. The molecule has 7 nitrogen and oxygen atoms in total. The first-order valence-corrected chi connectivity index (χ1v) is 10.7. The molecule has 1 aliphatic carbocycles. The van der Waals surface area contributed by atoms with E-state index >= 15 is 0 Å². The van der Waals surface area contributed by atoms with Gasteiger partial charge in [-0.25, -0.2) is 8.42 Å². The molecule has 144 valence electrons. The van der Waals surface area contributed by atoms with E-state index in [-0.39, 0.29) is 29.9 Å². The third-order valence-corrected chi connectivity index (χ3v) is 7.04. The van der Waals surface area contributed by atoms with E-state index in [1.165, 1.54) is 4.31 Å². The summed E-state index contributed by atoms with van der Waals surface area (Å²) in [4.78, 5) is 12.3. The number of nitrogens with one attached hydrogen (secondary N) is 1. The average Bonchev–Trinajstić information content (AvgIpc) is 3.32. The Morgan fingerprint density at radius 2 is 1.96 bits per heavy atom. The summed E-state index contributed by atoms with van der Waals surface area (Å²) in [5.41, 5.74) is 1.85. The molecule has 1 unspecified atom stereocenters. The number of carbonyl (C=O) groups is 1. The van der Waals surface area contributed by atoms with Gasteiger partial charge in [0.2, 0.25) is 15.9 Å². The van der Waals surface area contributed by atoms with Crippen LogP contribution in [0.3, 0.4) is 0 Å². The van der Waals surface area contributed by atoms with E-state index in [2.05, 4.69) is 10.4 Å². The number of nitrogens with zero attached hydrogens (tertiary/aromatic N) is 3.